The maximum absolute atomic E-state index is 12.2. The molecule has 0 N–H and O–H groups in total. The number of likely N-dealkylation sites (tertiary alicyclic amines) is 1. The Morgan fingerprint density at radius 2 is 2.00 bits per heavy atom. The van der Waals surface area contributed by atoms with Crippen LogP contribution in [0.4, 0.5) is 0 Å². The SMILES string of the molecule is CC(C)Cn1cnnc1[C@H]1CCCN1Cc1cc(=O)n(C)c(=O)n1C. The van der Waals surface area contributed by atoms with Gasteiger partial charge in [0.2, 0.25) is 0 Å². The van der Waals surface area contributed by atoms with E-state index in [0.717, 1.165) is 42.0 Å². The lowest BCUT2D eigenvalue weighted by molar-refractivity contribution is 0.226. The van der Waals surface area contributed by atoms with Crippen LogP contribution in [-0.4, -0.2) is 35.3 Å². The van der Waals surface area contributed by atoms with Crippen molar-refractivity contribution in [3.05, 3.63) is 44.8 Å². The largest absolute Gasteiger partial charge is 0.330 e. The molecule has 2 aromatic rings. The lowest BCUT2D eigenvalue weighted by Gasteiger charge is -2.25. The van der Waals surface area contributed by atoms with E-state index in [1.807, 2.05) is 0 Å². The Bertz CT molecular complexity index is 863. The van der Waals surface area contributed by atoms with E-state index in [0.29, 0.717) is 12.5 Å². The van der Waals surface area contributed by atoms with Gasteiger partial charge >= 0.3 is 5.69 Å². The summed E-state index contributed by atoms with van der Waals surface area (Å²) >= 11 is 0. The molecule has 1 saturated heterocycles. The normalized spacial score (nSPS) is 18.4. The molecule has 0 aliphatic carbocycles. The van der Waals surface area contributed by atoms with Crippen molar-refractivity contribution in [1.29, 1.82) is 0 Å². The van der Waals surface area contributed by atoms with Crippen LogP contribution in [0.2, 0.25) is 0 Å². The molecule has 0 unspecified atom stereocenters. The molecule has 1 aliphatic heterocycles. The average Bonchev–Trinajstić information content (AvgIpc) is 3.18. The van der Waals surface area contributed by atoms with E-state index in [-0.39, 0.29) is 17.3 Å². The second-order valence-corrected chi connectivity index (χ2v) is 7.24. The van der Waals surface area contributed by atoms with Gasteiger partial charge in [-0.2, -0.15) is 0 Å². The molecule has 1 aliphatic rings. The second kappa shape index (κ2) is 6.95. The summed E-state index contributed by atoms with van der Waals surface area (Å²) < 4.78 is 4.80. The highest BCUT2D eigenvalue weighted by Gasteiger charge is 2.30. The van der Waals surface area contributed by atoms with Crippen LogP contribution in [0.1, 0.15) is 44.2 Å². The maximum atomic E-state index is 12.2. The van der Waals surface area contributed by atoms with Gasteiger partial charge in [-0.3, -0.25) is 18.8 Å². The van der Waals surface area contributed by atoms with Gasteiger partial charge in [0.15, 0.2) is 0 Å². The Morgan fingerprint density at radius 3 is 2.72 bits per heavy atom. The Hall–Kier alpha value is -2.22. The third kappa shape index (κ3) is 3.44. The molecule has 0 radical (unpaired) electrons. The third-order valence-corrected chi connectivity index (χ3v) is 4.86. The summed E-state index contributed by atoms with van der Waals surface area (Å²) in [5, 5.41) is 8.45. The van der Waals surface area contributed by atoms with Gasteiger partial charge in [0.1, 0.15) is 12.2 Å². The molecular formula is C17H26N6O2. The minimum atomic E-state index is -0.291. The van der Waals surface area contributed by atoms with Crippen molar-refractivity contribution >= 4 is 0 Å². The molecule has 0 aromatic carbocycles. The molecule has 1 fully saturated rings. The van der Waals surface area contributed by atoms with E-state index in [4.69, 9.17) is 0 Å². The monoisotopic (exact) mass is 346 g/mol. The number of hydrogen-bond acceptors (Lipinski definition) is 5. The molecule has 0 bridgehead atoms. The highest BCUT2D eigenvalue weighted by Crippen LogP contribution is 2.31. The highest BCUT2D eigenvalue weighted by atomic mass is 16.2. The van der Waals surface area contributed by atoms with Gasteiger partial charge in [0, 0.05) is 38.9 Å². The topological polar surface area (TPSA) is 78.0 Å². The average molecular weight is 346 g/mol. The van der Waals surface area contributed by atoms with Gasteiger partial charge in [0.25, 0.3) is 5.56 Å². The first-order valence-electron chi connectivity index (χ1n) is 8.76. The van der Waals surface area contributed by atoms with Crippen LogP contribution in [0.15, 0.2) is 22.0 Å². The fraction of sp³-hybridized carbons (Fsp3) is 0.647. The summed E-state index contributed by atoms with van der Waals surface area (Å²) in [6.07, 6.45) is 3.87. The molecule has 3 rings (SSSR count). The van der Waals surface area contributed by atoms with Gasteiger partial charge in [0.05, 0.1) is 6.04 Å². The number of nitrogens with zero attached hydrogens (tertiary/aromatic N) is 6. The molecule has 1 atom stereocenters. The molecule has 0 amide bonds. The van der Waals surface area contributed by atoms with E-state index < -0.39 is 0 Å². The van der Waals surface area contributed by atoms with Crippen molar-refractivity contribution < 1.29 is 0 Å². The van der Waals surface area contributed by atoms with Gasteiger partial charge < -0.3 is 4.57 Å². The molecule has 0 saturated carbocycles. The minimum Gasteiger partial charge on any atom is -0.316 e. The first kappa shape index (κ1) is 17.6. The van der Waals surface area contributed by atoms with Crippen molar-refractivity contribution in [2.45, 2.75) is 45.8 Å². The summed E-state index contributed by atoms with van der Waals surface area (Å²) in [5.74, 6) is 1.49. The Kier molecular flexibility index (Phi) is 4.89. The quantitative estimate of drug-likeness (QED) is 0.795. The van der Waals surface area contributed by atoms with Crippen LogP contribution in [0.25, 0.3) is 0 Å². The van der Waals surface area contributed by atoms with Crippen molar-refractivity contribution in [2.24, 2.45) is 20.0 Å². The second-order valence-electron chi connectivity index (χ2n) is 7.24. The Balaban J connectivity index is 1.88. The molecule has 8 heteroatoms. The van der Waals surface area contributed by atoms with Gasteiger partial charge in [-0.25, -0.2) is 4.79 Å². The standard InChI is InChI=1S/C17H26N6O2/c1-12(2)9-23-11-18-19-16(23)14-6-5-7-22(14)10-13-8-15(24)21(4)17(25)20(13)3/h8,11-12,14H,5-7,9-10H2,1-4H3/t14-/m1/s1. The first-order chi connectivity index (χ1) is 11.9. The zero-order valence-corrected chi connectivity index (χ0v) is 15.3. The Labute approximate surface area is 146 Å². The smallest absolute Gasteiger partial charge is 0.316 e. The van der Waals surface area contributed by atoms with Crippen LogP contribution in [0.5, 0.6) is 0 Å². The fourth-order valence-electron chi connectivity index (χ4n) is 3.50. The van der Waals surface area contributed by atoms with E-state index in [1.165, 1.54) is 7.05 Å². The molecular weight excluding hydrogens is 320 g/mol. The molecule has 2 aromatic heterocycles. The minimum absolute atomic E-state index is 0.167. The van der Waals surface area contributed by atoms with Gasteiger partial charge in [-0.1, -0.05) is 13.8 Å². The van der Waals surface area contributed by atoms with Crippen LogP contribution in [0, 0.1) is 5.92 Å². The zero-order chi connectivity index (χ0) is 18.1. The molecule has 0 spiro atoms. The maximum Gasteiger partial charge on any atom is 0.330 e. The lowest BCUT2D eigenvalue weighted by Crippen LogP contribution is -2.39. The van der Waals surface area contributed by atoms with Crippen molar-refractivity contribution in [1.82, 2.24) is 28.8 Å². The lowest BCUT2D eigenvalue weighted by atomic mass is 10.1. The van der Waals surface area contributed by atoms with Gasteiger partial charge in [-0.05, 0) is 25.3 Å². The van der Waals surface area contributed by atoms with E-state index in [1.54, 1.807) is 24.0 Å². The molecule has 25 heavy (non-hydrogen) atoms. The highest BCUT2D eigenvalue weighted by molar-refractivity contribution is 5.06. The first-order valence-corrected chi connectivity index (χ1v) is 8.76. The number of rotatable bonds is 5. The van der Waals surface area contributed by atoms with Crippen LogP contribution >= 0.6 is 0 Å². The summed E-state index contributed by atoms with van der Waals surface area (Å²) in [6.45, 7) is 6.71. The summed E-state index contributed by atoms with van der Waals surface area (Å²) in [6, 6.07) is 1.72. The summed E-state index contributed by atoms with van der Waals surface area (Å²) in [7, 11) is 3.21. The van der Waals surface area contributed by atoms with Crippen LogP contribution in [-0.2, 0) is 27.2 Å². The molecule has 136 valence electrons. The van der Waals surface area contributed by atoms with E-state index in [9.17, 15) is 9.59 Å². The predicted molar refractivity (Wildman–Crippen MR) is 94.2 cm³/mol. The van der Waals surface area contributed by atoms with E-state index >= 15 is 0 Å². The fourth-order valence-corrected chi connectivity index (χ4v) is 3.50. The van der Waals surface area contributed by atoms with Crippen molar-refractivity contribution in [3.8, 4) is 0 Å². The van der Waals surface area contributed by atoms with E-state index in [2.05, 4.69) is 33.5 Å². The number of aromatic nitrogens is 5. The summed E-state index contributed by atoms with van der Waals surface area (Å²) in [4.78, 5) is 26.4. The Morgan fingerprint density at radius 1 is 1.24 bits per heavy atom. The molecule has 3 heterocycles. The third-order valence-electron chi connectivity index (χ3n) is 4.86. The van der Waals surface area contributed by atoms with Crippen molar-refractivity contribution in [3.63, 3.8) is 0 Å². The van der Waals surface area contributed by atoms with Crippen molar-refractivity contribution in [2.75, 3.05) is 6.54 Å². The van der Waals surface area contributed by atoms with Gasteiger partial charge in [-0.15, -0.1) is 10.2 Å². The van der Waals surface area contributed by atoms with Crippen LogP contribution in [0.3, 0.4) is 0 Å². The van der Waals surface area contributed by atoms with Crippen LogP contribution < -0.4 is 11.2 Å². The summed E-state index contributed by atoms with van der Waals surface area (Å²) in [5.41, 5.74) is 0.174. The molecule has 8 nitrogen and oxygen atoms in total. The number of hydrogen-bond donors (Lipinski definition) is 0. The zero-order valence-electron chi connectivity index (χ0n) is 15.3. The predicted octanol–water partition coefficient (Wildman–Crippen LogP) is 0.669.